The van der Waals surface area contributed by atoms with Crippen LogP contribution in [-0.2, 0) is 0 Å². The number of nitrogens with one attached hydrogen (secondary N) is 1. The predicted molar refractivity (Wildman–Crippen MR) is 67.8 cm³/mol. The number of rotatable bonds is 2. The van der Waals surface area contributed by atoms with E-state index in [0.29, 0.717) is 6.04 Å². The Labute approximate surface area is 97.3 Å². The van der Waals surface area contributed by atoms with Gasteiger partial charge >= 0.3 is 0 Å². The molecule has 0 radical (unpaired) electrons. The molecular weight excluding hydrogens is 204 g/mol. The van der Waals surface area contributed by atoms with Crippen LogP contribution in [0.25, 0.3) is 0 Å². The number of likely N-dealkylation sites (tertiary alicyclic amines) is 1. The van der Waals surface area contributed by atoms with E-state index in [1.54, 1.807) is 0 Å². The quantitative estimate of drug-likeness (QED) is 0.783. The molecule has 2 unspecified atom stereocenters. The summed E-state index contributed by atoms with van der Waals surface area (Å²) in [5, 5.41) is 8.87. The molecule has 3 heteroatoms. The molecule has 2 aliphatic rings. The highest BCUT2D eigenvalue weighted by molar-refractivity contribution is 7.99. The minimum atomic E-state index is 0.684. The van der Waals surface area contributed by atoms with Crippen molar-refractivity contribution in [3.05, 3.63) is 0 Å². The van der Waals surface area contributed by atoms with Crippen LogP contribution >= 0.6 is 11.8 Å². The van der Waals surface area contributed by atoms with Crippen LogP contribution in [0.4, 0.5) is 0 Å². The monoisotopic (exact) mass is 226 g/mol. The average Bonchev–Trinajstić information content (AvgIpc) is 2.30. The lowest BCUT2D eigenvalue weighted by atomic mass is 9.92. The SMILES string of the molecule is CSC1CCCC(N2CCCCC2=N)C1. The van der Waals surface area contributed by atoms with E-state index < -0.39 is 0 Å². The Kier molecular flexibility index (Phi) is 3.95. The molecule has 0 aromatic heterocycles. The highest BCUT2D eigenvalue weighted by Crippen LogP contribution is 2.31. The first-order valence-corrected chi connectivity index (χ1v) is 7.47. The Hall–Kier alpha value is -0.180. The minimum absolute atomic E-state index is 0.684. The normalized spacial score (nSPS) is 33.1. The van der Waals surface area contributed by atoms with Crippen molar-refractivity contribution in [3.63, 3.8) is 0 Å². The van der Waals surface area contributed by atoms with Gasteiger partial charge in [-0.2, -0.15) is 11.8 Å². The summed E-state index contributed by atoms with van der Waals surface area (Å²) >= 11 is 2.02. The van der Waals surface area contributed by atoms with Crippen LogP contribution in [0.3, 0.4) is 0 Å². The number of amidine groups is 1. The van der Waals surface area contributed by atoms with Gasteiger partial charge in [-0.1, -0.05) is 6.42 Å². The molecule has 2 atom stereocenters. The maximum Gasteiger partial charge on any atom is 0.0960 e. The highest BCUT2D eigenvalue weighted by Gasteiger charge is 2.28. The van der Waals surface area contributed by atoms with Gasteiger partial charge in [0, 0.05) is 24.3 Å². The number of piperidine rings is 1. The van der Waals surface area contributed by atoms with E-state index in [9.17, 15) is 0 Å². The maximum atomic E-state index is 8.02. The van der Waals surface area contributed by atoms with E-state index in [1.807, 2.05) is 11.8 Å². The predicted octanol–water partition coefficient (Wildman–Crippen LogP) is 3.12. The van der Waals surface area contributed by atoms with Crippen LogP contribution in [0.2, 0.25) is 0 Å². The Morgan fingerprint density at radius 2 is 2.13 bits per heavy atom. The fourth-order valence-corrected chi connectivity index (χ4v) is 3.69. The van der Waals surface area contributed by atoms with Crippen LogP contribution in [0, 0.1) is 5.41 Å². The van der Waals surface area contributed by atoms with Crippen LogP contribution in [0.15, 0.2) is 0 Å². The summed E-state index contributed by atoms with van der Waals surface area (Å²) in [6.45, 7) is 1.14. The Morgan fingerprint density at radius 1 is 1.27 bits per heavy atom. The molecule has 0 bridgehead atoms. The van der Waals surface area contributed by atoms with Crippen molar-refractivity contribution in [2.24, 2.45) is 0 Å². The van der Waals surface area contributed by atoms with Gasteiger partial charge in [0.15, 0.2) is 0 Å². The van der Waals surface area contributed by atoms with Gasteiger partial charge in [-0.05, 0) is 38.4 Å². The third-order valence-electron chi connectivity index (χ3n) is 3.78. The molecule has 0 aromatic carbocycles. The van der Waals surface area contributed by atoms with Gasteiger partial charge in [-0.25, -0.2) is 0 Å². The Morgan fingerprint density at radius 3 is 2.87 bits per heavy atom. The molecule has 1 saturated heterocycles. The molecule has 2 rings (SSSR count). The summed E-state index contributed by atoms with van der Waals surface area (Å²) in [6, 6.07) is 0.684. The van der Waals surface area contributed by atoms with Crippen LogP contribution in [-0.4, -0.2) is 34.8 Å². The largest absolute Gasteiger partial charge is 0.358 e. The Bertz CT molecular complexity index is 230. The third kappa shape index (κ3) is 2.68. The van der Waals surface area contributed by atoms with E-state index in [2.05, 4.69) is 11.2 Å². The summed E-state index contributed by atoms with van der Waals surface area (Å²) in [7, 11) is 0. The van der Waals surface area contributed by atoms with Crippen molar-refractivity contribution < 1.29 is 0 Å². The number of hydrogen-bond acceptors (Lipinski definition) is 2. The van der Waals surface area contributed by atoms with Gasteiger partial charge in [-0.15, -0.1) is 0 Å². The van der Waals surface area contributed by atoms with Crippen LogP contribution < -0.4 is 0 Å². The van der Waals surface area contributed by atoms with Crippen molar-refractivity contribution in [1.82, 2.24) is 4.90 Å². The maximum absolute atomic E-state index is 8.02. The second-order valence-corrected chi connectivity index (χ2v) is 5.91. The molecule has 0 spiro atoms. The second kappa shape index (κ2) is 5.24. The van der Waals surface area contributed by atoms with Crippen molar-refractivity contribution >= 4 is 17.6 Å². The summed E-state index contributed by atoms with van der Waals surface area (Å²) in [5.41, 5.74) is 0. The molecule has 15 heavy (non-hydrogen) atoms. The second-order valence-electron chi connectivity index (χ2n) is 4.78. The summed E-state index contributed by atoms with van der Waals surface area (Å²) in [6.07, 6.45) is 11.1. The molecule has 0 aromatic rings. The van der Waals surface area contributed by atoms with E-state index in [1.165, 1.54) is 38.5 Å². The van der Waals surface area contributed by atoms with Crippen LogP contribution in [0.5, 0.6) is 0 Å². The van der Waals surface area contributed by atoms with Gasteiger partial charge in [0.05, 0.1) is 5.84 Å². The van der Waals surface area contributed by atoms with Gasteiger partial charge in [0.2, 0.25) is 0 Å². The zero-order chi connectivity index (χ0) is 10.7. The fourth-order valence-electron chi connectivity index (χ4n) is 2.87. The minimum Gasteiger partial charge on any atom is -0.358 e. The highest BCUT2D eigenvalue weighted by atomic mass is 32.2. The summed E-state index contributed by atoms with van der Waals surface area (Å²) in [4.78, 5) is 2.39. The molecule has 1 saturated carbocycles. The van der Waals surface area contributed by atoms with Crippen molar-refractivity contribution in [2.75, 3.05) is 12.8 Å². The van der Waals surface area contributed by atoms with E-state index in [4.69, 9.17) is 5.41 Å². The van der Waals surface area contributed by atoms with Crippen molar-refractivity contribution in [3.8, 4) is 0 Å². The molecule has 1 heterocycles. The first kappa shape index (κ1) is 11.3. The molecule has 0 amide bonds. The Balaban J connectivity index is 1.93. The topological polar surface area (TPSA) is 27.1 Å². The lowest BCUT2D eigenvalue weighted by Gasteiger charge is -2.40. The van der Waals surface area contributed by atoms with Gasteiger partial charge in [0.25, 0.3) is 0 Å². The molecule has 1 N–H and O–H groups in total. The van der Waals surface area contributed by atoms with Crippen molar-refractivity contribution in [1.29, 1.82) is 5.41 Å². The molecule has 2 fully saturated rings. The fraction of sp³-hybridized carbons (Fsp3) is 0.917. The standard InChI is InChI=1S/C12H22N2S/c1-15-11-6-4-5-10(9-11)14-8-3-2-7-12(14)13/h10-11,13H,2-9H2,1H3. The average molecular weight is 226 g/mol. The number of thioether (sulfide) groups is 1. The zero-order valence-corrected chi connectivity index (χ0v) is 10.5. The summed E-state index contributed by atoms with van der Waals surface area (Å²) < 4.78 is 0. The van der Waals surface area contributed by atoms with Crippen molar-refractivity contribution in [2.45, 2.75) is 56.2 Å². The lowest BCUT2D eigenvalue weighted by Crippen LogP contribution is -2.45. The summed E-state index contributed by atoms with van der Waals surface area (Å²) in [5.74, 6) is 0.910. The van der Waals surface area contributed by atoms with Gasteiger partial charge in [0.1, 0.15) is 0 Å². The molecular formula is C12H22N2S. The number of nitrogens with zero attached hydrogens (tertiary/aromatic N) is 1. The first-order valence-electron chi connectivity index (χ1n) is 6.18. The number of hydrogen-bond donors (Lipinski definition) is 1. The molecule has 1 aliphatic carbocycles. The van der Waals surface area contributed by atoms with E-state index in [0.717, 1.165) is 24.1 Å². The first-order chi connectivity index (χ1) is 7.31. The van der Waals surface area contributed by atoms with Crippen LogP contribution in [0.1, 0.15) is 44.9 Å². The molecule has 2 nitrogen and oxygen atoms in total. The zero-order valence-electron chi connectivity index (χ0n) is 9.67. The smallest absolute Gasteiger partial charge is 0.0960 e. The van der Waals surface area contributed by atoms with E-state index in [-0.39, 0.29) is 0 Å². The van der Waals surface area contributed by atoms with Gasteiger partial charge in [-0.3, -0.25) is 5.41 Å². The lowest BCUT2D eigenvalue weighted by molar-refractivity contribution is 0.227. The van der Waals surface area contributed by atoms with Gasteiger partial charge < -0.3 is 4.90 Å². The third-order valence-corrected chi connectivity index (χ3v) is 4.88. The molecule has 1 aliphatic heterocycles. The molecule has 86 valence electrons. The van der Waals surface area contributed by atoms with E-state index >= 15 is 0 Å².